The minimum atomic E-state index is -0.908. The molecule has 0 amide bonds. The Labute approximate surface area is 214 Å². The normalized spacial score (nSPS) is 26.8. The van der Waals surface area contributed by atoms with E-state index in [0.29, 0.717) is 16.9 Å². The summed E-state index contributed by atoms with van der Waals surface area (Å²) < 4.78 is 5.43. The highest BCUT2D eigenvalue weighted by molar-refractivity contribution is 5.88. The van der Waals surface area contributed by atoms with Crippen LogP contribution >= 0.6 is 0 Å². The molecule has 1 aliphatic carbocycles. The Morgan fingerprint density at radius 1 is 0.972 bits per heavy atom. The zero-order valence-corrected chi connectivity index (χ0v) is 21.3. The standard InChI is InChI=1S/C29H40N4O3/c1-36-24-15-11-21(12-16-24)25-19-29(17-7-5-3-2-4-6-8-18-29)20-33-26(25)31-28(32-33)30-23-13-9-22(10-14-23)27(34)35/h9-16,25-26,28,30-32H,2-8,17-20H2,1H3,(H,34,35). The number of benzene rings is 2. The lowest BCUT2D eigenvalue weighted by Gasteiger charge is -2.48. The van der Waals surface area contributed by atoms with Crippen LogP contribution in [0, 0.1) is 5.41 Å². The number of nitrogens with zero attached hydrogens (tertiary/aromatic N) is 1. The molecule has 4 N–H and O–H groups in total. The number of nitrogens with one attached hydrogen (secondary N) is 3. The second-order valence-electron chi connectivity index (χ2n) is 10.9. The summed E-state index contributed by atoms with van der Waals surface area (Å²) >= 11 is 0. The second kappa shape index (κ2) is 11.2. The topological polar surface area (TPSA) is 85.9 Å². The maximum absolute atomic E-state index is 11.2. The van der Waals surface area contributed by atoms with Crippen molar-refractivity contribution in [2.75, 3.05) is 19.0 Å². The van der Waals surface area contributed by atoms with Gasteiger partial charge in [0.15, 0.2) is 0 Å². The molecule has 2 heterocycles. The first-order valence-corrected chi connectivity index (χ1v) is 13.6. The second-order valence-corrected chi connectivity index (χ2v) is 10.9. The van der Waals surface area contributed by atoms with E-state index in [0.717, 1.165) is 18.0 Å². The Morgan fingerprint density at radius 2 is 1.61 bits per heavy atom. The summed E-state index contributed by atoms with van der Waals surface area (Å²) in [6.07, 6.45) is 13.3. The van der Waals surface area contributed by atoms with Crippen molar-refractivity contribution < 1.29 is 14.6 Å². The molecule has 3 atom stereocenters. The van der Waals surface area contributed by atoms with E-state index in [4.69, 9.17) is 4.74 Å². The summed E-state index contributed by atoms with van der Waals surface area (Å²) in [5, 5.41) is 18.9. The van der Waals surface area contributed by atoms with Gasteiger partial charge >= 0.3 is 5.97 Å². The van der Waals surface area contributed by atoms with E-state index >= 15 is 0 Å². The van der Waals surface area contributed by atoms with Gasteiger partial charge in [-0.25, -0.2) is 15.2 Å². The maximum Gasteiger partial charge on any atom is 0.335 e. The number of methoxy groups -OCH3 is 1. The van der Waals surface area contributed by atoms with Crippen molar-refractivity contribution in [3.8, 4) is 5.75 Å². The van der Waals surface area contributed by atoms with Gasteiger partial charge in [-0.15, -0.1) is 0 Å². The third-order valence-electron chi connectivity index (χ3n) is 8.41. The molecule has 2 aromatic carbocycles. The van der Waals surface area contributed by atoms with Crippen LogP contribution < -0.4 is 20.8 Å². The molecule has 3 fully saturated rings. The smallest absolute Gasteiger partial charge is 0.335 e. The maximum atomic E-state index is 11.2. The zero-order chi connectivity index (χ0) is 25.0. The van der Waals surface area contributed by atoms with E-state index < -0.39 is 5.97 Å². The lowest BCUT2D eigenvalue weighted by molar-refractivity contribution is 0.000401. The molecule has 7 nitrogen and oxygen atoms in total. The van der Waals surface area contributed by atoms with E-state index in [1.807, 2.05) is 12.1 Å². The SMILES string of the molecule is COc1ccc(C2CC3(CCCCCCCCC3)CN3NC(Nc4ccc(C(=O)O)cc4)NC23)cc1. The van der Waals surface area contributed by atoms with E-state index in [-0.39, 0.29) is 12.5 Å². The van der Waals surface area contributed by atoms with Crippen molar-refractivity contribution in [2.45, 2.75) is 82.6 Å². The zero-order valence-electron chi connectivity index (χ0n) is 21.3. The third kappa shape index (κ3) is 5.69. The van der Waals surface area contributed by atoms with Crippen molar-refractivity contribution >= 4 is 11.7 Å². The highest BCUT2D eigenvalue weighted by Crippen LogP contribution is 2.48. The van der Waals surface area contributed by atoms with Gasteiger partial charge in [0.05, 0.1) is 18.8 Å². The first kappa shape index (κ1) is 25.1. The van der Waals surface area contributed by atoms with E-state index in [2.05, 4.69) is 45.3 Å². The number of piperidine rings is 1. The molecule has 3 unspecified atom stereocenters. The summed E-state index contributed by atoms with van der Waals surface area (Å²) in [6.45, 7) is 1.05. The molecule has 1 spiro atoms. The fraction of sp³-hybridized carbons (Fsp3) is 0.552. The number of hydrogen-bond donors (Lipinski definition) is 4. The Hall–Kier alpha value is -2.61. The van der Waals surface area contributed by atoms with Gasteiger partial charge in [-0.05, 0) is 66.6 Å². The summed E-state index contributed by atoms with van der Waals surface area (Å²) in [4.78, 5) is 11.2. The van der Waals surface area contributed by atoms with Crippen molar-refractivity contribution in [1.29, 1.82) is 0 Å². The van der Waals surface area contributed by atoms with Crippen LogP contribution in [-0.2, 0) is 0 Å². The molecule has 1 saturated carbocycles. The Morgan fingerprint density at radius 3 is 2.22 bits per heavy atom. The molecule has 0 radical (unpaired) electrons. The van der Waals surface area contributed by atoms with Gasteiger partial charge < -0.3 is 15.2 Å². The van der Waals surface area contributed by atoms with Crippen molar-refractivity contribution in [3.63, 3.8) is 0 Å². The van der Waals surface area contributed by atoms with Gasteiger partial charge in [0, 0.05) is 18.2 Å². The number of rotatable bonds is 5. The fourth-order valence-electron chi connectivity index (χ4n) is 6.50. The van der Waals surface area contributed by atoms with Crippen molar-refractivity contribution in [2.24, 2.45) is 5.41 Å². The summed E-state index contributed by atoms with van der Waals surface area (Å²) in [5.41, 5.74) is 6.55. The minimum absolute atomic E-state index is 0.124. The average Bonchev–Trinajstić information content (AvgIpc) is 3.29. The Kier molecular flexibility index (Phi) is 7.79. The van der Waals surface area contributed by atoms with E-state index in [9.17, 15) is 9.90 Å². The van der Waals surface area contributed by atoms with Crippen molar-refractivity contribution in [1.82, 2.24) is 15.8 Å². The molecule has 2 aromatic rings. The van der Waals surface area contributed by atoms with Gasteiger partial charge in [-0.2, -0.15) is 0 Å². The number of carboxylic acid groups (broad SMARTS) is 1. The highest BCUT2D eigenvalue weighted by atomic mass is 16.5. The number of hydrazine groups is 1. The van der Waals surface area contributed by atoms with Crippen LogP contribution in [0.4, 0.5) is 5.69 Å². The number of anilines is 1. The Balaban J connectivity index is 1.37. The molecule has 0 bridgehead atoms. The van der Waals surface area contributed by atoms with Gasteiger partial charge in [0.2, 0.25) is 0 Å². The van der Waals surface area contributed by atoms with Crippen LogP contribution in [0.15, 0.2) is 48.5 Å². The van der Waals surface area contributed by atoms with E-state index in [1.165, 1.54) is 69.8 Å². The van der Waals surface area contributed by atoms with Gasteiger partial charge in [0.25, 0.3) is 0 Å². The molecule has 194 valence electrons. The number of ether oxygens (including phenoxy) is 1. The molecule has 7 heteroatoms. The van der Waals surface area contributed by atoms with Crippen molar-refractivity contribution in [3.05, 3.63) is 59.7 Å². The number of carbonyl (C=O) groups is 1. The number of carboxylic acids is 1. The summed E-state index contributed by atoms with van der Waals surface area (Å²) in [7, 11) is 1.72. The minimum Gasteiger partial charge on any atom is -0.497 e. The highest BCUT2D eigenvalue weighted by Gasteiger charge is 2.48. The Bertz CT molecular complexity index is 1000. The molecule has 2 saturated heterocycles. The monoisotopic (exact) mass is 492 g/mol. The van der Waals surface area contributed by atoms with Crippen LogP contribution in [0.25, 0.3) is 0 Å². The molecule has 2 aliphatic heterocycles. The fourth-order valence-corrected chi connectivity index (χ4v) is 6.50. The number of aromatic carboxylic acids is 1. The lowest BCUT2D eigenvalue weighted by atomic mass is 9.67. The first-order valence-electron chi connectivity index (χ1n) is 13.6. The van der Waals surface area contributed by atoms with Crippen LogP contribution in [0.1, 0.15) is 86.0 Å². The molecule has 3 aliphatic rings. The largest absolute Gasteiger partial charge is 0.497 e. The molecule has 5 rings (SSSR count). The number of hydrogen-bond acceptors (Lipinski definition) is 6. The first-order chi connectivity index (χ1) is 17.5. The van der Waals surface area contributed by atoms with Crippen LogP contribution in [0.3, 0.4) is 0 Å². The van der Waals surface area contributed by atoms with Crippen LogP contribution in [0.5, 0.6) is 5.75 Å². The van der Waals surface area contributed by atoms with Gasteiger partial charge in [-0.3, -0.25) is 5.32 Å². The molecule has 36 heavy (non-hydrogen) atoms. The number of fused-ring (bicyclic) bond motifs is 1. The molecule has 0 aromatic heterocycles. The summed E-state index contributed by atoms with van der Waals surface area (Å²) in [5.74, 6) is 0.345. The van der Waals surface area contributed by atoms with Gasteiger partial charge in [-0.1, -0.05) is 57.1 Å². The van der Waals surface area contributed by atoms with Crippen LogP contribution in [-0.4, -0.2) is 42.2 Å². The molecular formula is C29H40N4O3. The average molecular weight is 493 g/mol. The van der Waals surface area contributed by atoms with Crippen LogP contribution in [0.2, 0.25) is 0 Å². The van der Waals surface area contributed by atoms with Gasteiger partial charge in [0.1, 0.15) is 12.0 Å². The lowest BCUT2D eigenvalue weighted by Crippen LogP contribution is -2.55. The predicted molar refractivity (Wildman–Crippen MR) is 142 cm³/mol. The third-order valence-corrected chi connectivity index (χ3v) is 8.41. The van der Waals surface area contributed by atoms with E-state index in [1.54, 1.807) is 19.2 Å². The predicted octanol–water partition coefficient (Wildman–Crippen LogP) is 5.52. The molecular weight excluding hydrogens is 452 g/mol. The summed E-state index contributed by atoms with van der Waals surface area (Å²) in [6, 6.07) is 15.6. The quantitative estimate of drug-likeness (QED) is 0.437.